The predicted octanol–water partition coefficient (Wildman–Crippen LogP) is 4.60. The van der Waals surface area contributed by atoms with Crippen molar-refractivity contribution < 1.29 is 9.90 Å². The molecule has 1 aliphatic heterocycles. The Morgan fingerprint density at radius 2 is 1.79 bits per heavy atom. The van der Waals surface area contributed by atoms with Crippen molar-refractivity contribution in [3.05, 3.63) is 40.1 Å². The second kappa shape index (κ2) is 5.94. The lowest BCUT2D eigenvalue weighted by Gasteiger charge is -2.39. The molecule has 3 nitrogen and oxygen atoms in total. The van der Waals surface area contributed by atoms with Crippen LogP contribution in [0.25, 0.3) is 5.57 Å². The molecule has 1 saturated carbocycles. The van der Waals surface area contributed by atoms with Gasteiger partial charge in [0.25, 0.3) is 5.91 Å². The molecule has 1 heterocycles. The average Bonchev–Trinajstić information content (AvgIpc) is 2.71. The second-order valence-corrected chi connectivity index (χ2v) is 8.12. The van der Waals surface area contributed by atoms with Gasteiger partial charge < -0.3 is 10.4 Å². The minimum absolute atomic E-state index is 0.136. The molecular weight excluding hydrogens is 298 g/mol. The molecule has 130 valence electrons. The molecular formula is C21H29NO2. The SMILES string of the molecule is Cc1cc(C)c(C2=C(O)C(C)(C3CCCC(C)C3)NC2=O)c(C)c1. The number of nitrogens with one attached hydrogen (secondary N) is 1. The Kier molecular flexibility index (Phi) is 4.23. The van der Waals surface area contributed by atoms with Gasteiger partial charge in [0, 0.05) is 0 Å². The molecule has 1 aromatic rings. The van der Waals surface area contributed by atoms with Crippen LogP contribution < -0.4 is 5.32 Å². The normalized spacial score (nSPS) is 30.6. The number of rotatable bonds is 2. The molecule has 0 spiro atoms. The van der Waals surface area contributed by atoms with Crippen LogP contribution in [0.15, 0.2) is 17.9 Å². The summed E-state index contributed by atoms with van der Waals surface area (Å²) in [6.45, 7) is 10.3. The molecule has 3 rings (SSSR count). The topological polar surface area (TPSA) is 49.3 Å². The third-order valence-corrected chi connectivity index (χ3v) is 6.01. The number of aliphatic hydroxyl groups is 1. The van der Waals surface area contributed by atoms with Gasteiger partial charge in [0.1, 0.15) is 5.76 Å². The van der Waals surface area contributed by atoms with Gasteiger partial charge in [0.2, 0.25) is 0 Å². The highest BCUT2D eigenvalue weighted by atomic mass is 16.3. The number of amides is 1. The van der Waals surface area contributed by atoms with Crippen molar-refractivity contribution in [2.45, 2.75) is 65.8 Å². The first-order chi connectivity index (χ1) is 11.2. The molecule has 2 aliphatic rings. The van der Waals surface area contributed by atoms with E-state index in [1.807, 2.05) is 20.8 Å². The summed E-state index contributed by atoms with van der Waals surface area (Å²) in [5, 5.41) is 14.2. The van der Waals surface area contributed by atoms with E-state index >= 15 is 0 Å². The fraction of sp³-hybridized carbons (Fsp3) is 0.571. The van der Waals surface area contributed by atoms with Crippen LogP contribution in [0.3, 0.4) is 0 Å². The minimum Gasteiger partial charge on any atom is -0.509 e. The summed E-state index contributed by atoms with van der Waals surface area (Å²) in [6.07, 6.45) is 4.53. The summed E-state index contributed by atoms with van der Waals surface area (Å²) in [6, 6.07) is 4.16. The molecule has 3 heteroatoms. The number of aliphatic hydroxyl groups excluding tert-OH is 1. The molecule has 1 fully saturated rings. The van der Waals surface area contributed by atoms with Crippen LogP contribution in [-0.4, -0.2) is 16.6 Å². The lowest BCUT2D eigenvalue weighted by atomic mass is 9.71. The van der Waals surface area contributed by atoms with Gasteiger partial charge in [0.05, 0.1) is 11.1 Å². The fourth-order valence-corrected chi connectivity index (χ4v) is 4.78. The highest BCUT2D eigenvalue weighted by Gasteiger charge is 2.48. The van der Waals surface area contributed by atoms with Gasteiger partial charge in [-0.05, 0) is 69.1 Å². The van der Waals surface area contributed by atoms with Gasteiger partial charge in [-0.15, -0.1) is 0 Å². The number of hydrogen-bond donors (Lipinski definition) is 2. The van der Waals surface area contributed by atoms with Gasteiger partial charge in [-0.25, -0.2) is 0 Å². The van der Waals surface area contributed by atoms with Gasteiger partial charge in [-0.1, -0.05) is 37.5 Å². The molecule has 0 saturated heterocycles. The highest BCUT2D eigenvalue weighted by molar-refractivity contribution is 6.23. The minimum atomic E-state index is -0.634. The first-order valence-electron chi connectivity index (χ1n) is 9.08. The van der Waals surface area contributed by atoms with Crippen molar-refractivity contribution in [2.75, 3.05) is 0 Å². The molecule has 2 N–H and O–H groups in total. The first-order valence-corrected chi connectivity index (χ1v) is 9.08. The van der Waals surface area contributed by atoms with E-state index in [9.17, 15) is 9.90 Å². The van der Waals surface area contributed by atoms with Crippen molar-refractivity contribution in [3.8, 4) is 0 Å². The summed E-state index contributed by atoms with van der Waals surface area (Å²) < 4.78 is 0. The molecule has 3 unspecified atom stereocenters. The average molecular weight is 327 g/mol. The van der Waals surface area contributed by atoms with Crippen LogP contribution in [0.1, 0.15) is 61.8 Å². The summed E-state index contributed by atoms with van der Waals surface area (Å²) in [7, 11) is 0. The van der Waals surface area contributed by atoms with Crippen molar-refractivity contribution in [1.29, 1.82) is 0 Å². The summed E-state index contributed by atoms with van der Waals surface area (Å²) in [4.78, 5) is 12.8. The lowest BCUT2D eigenvalue weighted by Crippen LogP contribution is -2.49. The number of carbonyl (C=O) groups excluding carboxylic acids is 1. The summed E-state index contributed by atoms with van der Waals surface area (Å²) in [5.41, 5.74) is 4.01. The van der Waals surface area contributed by atoms with E-state index in [1.165, 1.54) is 18.4 Å². The van der Waals surface area contributed by atoms with Crippen LogP contribution in [0.5, 0.6) is 0 Å². The van der Waals surface area contributed by atoms with Crippen LogP contribution in [-0.2, 0) is 4.79 Å². The largest absolute Gasteiger partial charge is 0.509 e. The van der Waals surface area contributed by atoms with E-state index in [2.05, 4.69) is 31.3 Å². The number of carbonyl (C=O) groups is 1. The smallest absolute Gasteiger partial charge is 0.256 e. The number of aryl methyl sites for hydroxylation is 3. The zero-order valence-corrected chi connectivity index (χ0v) is 15.5. The van der Waals surface area contributed by atoms with Gasteiger partial charge >= 0.3 is 0 Å². The maximum absolute atomic E-state index is 12.8. The van der Waals surface area contributed by atoms with Crippen molar-refractivity contribution >= 4 is 11.5 Å². The summed E-state index contributed by atoms with van der Waals surface area (Å²) in [5.74, 6) is 1.05. The van der Waals surface area contributed by atoms with E-state index in [1.54, 1.807) is 0 Å². The predicted molar refractivity (Wildman–Crippen MR) is 97.9 cm³/mol. The molecule has 3 atom stereocenters. The number of hydrogen-bond acceptors (Lipinski definition) is 2. The van der Waals surface area contributed by atoms with Crippen LogP contribution in [0.4, 0.5) is 0 Å². The van der Waals surface area contributed by atoms with Crippen LogP contribution in [0, 0.1) is 32.6 Å². The van der Waals surface area contributed by atoms with E-state index in [0.717, 1.165) is 29.5 Å². The third-order valence-electron chi connectivity index (χ3n) is 6.01. The molecule has 0 radical (unpaired) electrons. The fourth-order valence-electron chi connectivity index (χ4n) is 4.78. The lowest BCUT2D eigenvalue weighted by molar-refractivity contribution is -0.116. The Labute approximate surface area is 145 Å². The van der Waals surface area contributed by atoms with E-state index in [0.29, 0.717) is 17.4 Å². The Balaban J connectivity index is 2.08. The second-order valence-electron chi connectivity index (χ2n) is 8.12. The zero-order valence-electron chi connectivity index (χ0n) is 15.5. The van der Waals surface area contributed by atoms with Gasteiger partial charge in [-0.2, -0.15) is 0 Å². The molecule has 24 heavy (non-hydrogen) atoms. The van der Waals surface area contributed by atoms with Crippen molar-refractivity contribution in [3.63, 3.8) is 0 Å². The maximum Gasteiger partial charge on any atom is 0.256 e. The zero-order chi connectivity index (χ0) is 17.6. The standard InChI is InChI=1S/C21H29NO2/c1-12-7-6-8-16(11-12)21(5)19(23)18(20(24)22-21)17-14(3)9-13(2)10-15(17)4/h9-10,12,16,23H,6-8,11H2,1-5H3,(H,22,24). The summed E-state index contributed by atoms with van der Waals surface area (Å²) >= 11 is 0. The Bertz CT molecular complexity index is 696. The van der Waals surface area contributed by atoms with Crippen LogP contribution >= 0.6 is 0 Å². The molecule has 1 amide bonds. The van der Waals surface area contributed by atoms with E-state index in [4.69, 9.17) is 0 Å². The third kappa shape index (κ3) is 2.64. The molecule has 1 aliphatic carbocycles. The molecule has 0 aromatic heterocycles. The Morgan fingerprint density at radius 1 is 1.17 bits per heavy atom. The van der Waals surface area contributed by atoms with Crippen molar-refractivity contribution in [1.82, 2.24) is 5.32 Å². The van der Waals surface area contributed by atoms with Crippen molar-refractivity contribution in [2.24, 2.45) is 11.8 Å². The molecule has 1 aromatic carbocycles. The highest BCUT2D eigenvalue weighted by Crippen LogP contribution is 2.44. The Hall–Kier alpha value is -1.77. The van der Waals surface area contributed by atoms with Gasteiger partial charge in [-0.3, -0.25) is 4.79 Å². The first kappa shape index (κ1) is 17.1. The van der Waals surface area contributed by atoms with E-state index < -0.39 is 5.54 Å². The maximum atomic E-state index is 12.8. The van der Waals surface area contributed by atoms with Gasteiger partial charge in [0.15, 0.2) is 0 Å². The van der Waals surface area contributed by atoms with Crippen LogP contribution in [0.2, 0.25) is 0 Å². The quantitative estimate of drug-likeness (QED) is 0.834. The number of benzene rings is 1. The molecule has 0 bridgehead atoms. The Morgan fingerprint density at radius 3 is 2.38 bits per heavy atom. The monoisotopic (exact) mass is 327 g/mol. The van der Waals surface area contributed by atoms with E-state index in [-0.39, 0.29) is 11.7 Å².